The van der Waals surface area contributed by atoms with E-state index in [1.54, 1.807) is 0 Å². The second-order valence-electron chi connectivity index (χ2n) is 7.05. The number of hydrogen-bond donors (Lipinski definition) is 0. The molecular weight excluding hydrogens is 260 g/mol. The Bertz CT molecular complexity index is 557. The van der Waals surface area contributed by atoms with Crippen LogP contribution in [0.4, 0.5) is 0 Å². The fourth-order valence-electron chi connectivity index (χ4n) is 3.11. The van der Waals surface area contributed by atoms with E-state index in [-0.39, 0.29) is 17.3 Å². The highest BCUT2D eigenvalue weighted by molar-refractivity contribution is 5.78. The van der Waals surface area contributed by atoms with Gasteiger partial charge in [0.1, 0.15) is 6.61 Å². The molecule has 1 aliphatic carbocycles. The topological polar surface area (TPSA) is 26.3 Å². The molecule has 2 heteroatoms. The van der Waals surface area contributed by atoms with Crippen molar-refractivity contribution in [3.05, 3.63) is 46.5 Å². The van der Waals surface area contributed by atoms with Gasteiger partial charge >= 0.3 is 5.97 Å². The number of ether oxygens (including phenoxy) is 1. The van der Waals surface area contributed by atoms with Crippen LogP contribution in [0.5, 0.6) is 0 Å². The average Bonchev–Trinajstić information content (AvgIpc) is 2.89. The minimum atomic E-state index is -0.0647. The van der Waals surface area contributed by atoms with Gasteiger partial charge in [-0.3, -0.25) is 4.79 Å². The molecule has 0 aromatic heterocycles. The number of rotatable bonds is 4. The van der Waals surface area contributed by atoms with Crippen molar-refractivity contribution in [2.75, 3.05) is 0 Å². The lowest BCUT2D eigenvalue weighted by molar-refractivity contribution is -0.147. The molecule has 21 heavy (non-hydrogen) atoms. The molecule has 1 aliphatic rings. The fraction of sp³-hybridized carbons (Fsp3) is 0.526. The molecule has 1 aromatic carbocycles. The molecule has 0 radical (unpaired) electrons. The van der Waals surface area contributed by atoms with Gasteiger partial charge in [0.2, 0.25) is 0 Å². The molecule has 114 valence electrons. The minimum Gasteiger partial charge on any atom is -0.461 e. The first-order chi connectivity index (χ1) is 9.75. The number of esters is 1. The van der Waals surface area contributed by atoms with Gasteiger partial charge in [0.05, 0.1) is 5.92 Å². The monoisotopic (exact) mass is 286 g/mol. The summed E-state index contributed by atoms with van der Waals surface area (Å²) >= 11 is 0. The van der Waals surface area contributed by atoms with Crippen molar-refractivity contribution in [3.8, 4) is 0 Å². The molecular formula is C19H26O2. The molecule has 1 saturated carbocycles. The summed E-state index contributed by atoms with van der Waals surface area (Å²) in [6, 6.07) is 6.15. The molecule has 0 N–H and O–H groups in total. The van der Waals surface area contributed by atoms with E-state index >= 15 is 0 Å². The maximum absolute atomic E-state index is 12.4. The van der Waals surface area contributed by atoms with Crippen LogP contribution in [0.15, 0.2) is 29.8 Å². The minimum absolute atomic E-state index is 0.00303. The van der Waals surface area contributed by atoms with Gasteiger partial charge in [-0.25, -0.2) is 0 Å². The van der Waals surface area contributed by atoms with Crippen molar-refractivity contribution < 1.29 is 9.53 Å². The molecule has 2 unspecified atom stereocenters. The van der Waals surface area contributed by atoms with Gasteiger partial charge in [0.25, 0.3) is 0 Å². The van der Waals surface area contributed by atoms with Gasteiger partial charge in [-0.15, -0.1) is 0 Å². The zero-order chi connectivity index (χ0) is 15.8. The third-order valence-electron chi connectivity index (χ3n) is 4.68. The summed E-state index contributed by atoms with van der Waals surface area (Å²) < 4.78 is 5.59. The average molecular weight is 286 g/mol. The molecule has 1 aromatic rings. The molecule has 0 spiro atoms. The Hall–Kier alpha value is -1.57. The van der Waals surface area contributed by atoms with E-state index in [1.807, 2.05) is 6.07 Å². The zero-order valence-corrected chi connectivity index (χ0v) is 14.0. The first kappa shape index (κ1) is 15.8. The summed E-state index contributed by atoms with van der Waals surface area (Å²) in [6.07, 6.45) is 2.20. The van der Waals surface area contributed by atoms with E-state index in [4.69, 9.17) is 4.74 Å². The van der Waals surface area contributed by atoms with Crippen LogP contribution in [-0.4, -0.2) is 5.97 Å². The second-order valence-corrected chi connectivity index (χ2v) is 7.05. The van der Waals surface area contributed by atoms with E-state index in [1.165, 1.54) is 16.7 Å². The summed E-state index contributed by atoms with van der Waals surface area (Å²) in [4.78, 5) is 12.4. The van der Waals surface area contributed by atoms with E-state index in [0.717, 1.165) is 5.56 Å². The van der Waals surface area contributed by atoms with Gasteiger partial charge in [-0.1, -0.05) is 43.7 Å². The summed E-state index contributed by atoms with van der Waals surface area (Å²) in [5.74, 6) is 0.245. The van der Waals surface area contributed by atoms with Crippen LogP contribution in [0.2, 0.25) is 0 Å². The Kier molecular flexibility index (Phi) is 4.27. The van der Waals surface area contributed by atoms with Gasteiger partial charge in [-0.05, 0) is 55.7 Å². The number of hydrogen-bond acceptors (Lipinski definition) is 2. The summed E-state index contributed by atoms with van der Waals surface area (Å²) in [6.45, 7) is 12.9. The Morgan fingerprint density at radius 2 is 1.81 bits per heavy atom. The number of aryl methyl sites for hydroxylation is 2. The summed E-state index contributed by atoms with van der Waals surface area (Å²) in [5, 5.41) is 0. The predicted octanol–water partition coefficient (Wildman–Crippen LogP) is 4.59. The number of benzene rings is 1. The van der Waals surface area contributed by atoms with Crippen LogP contribution >= 0.6 is 0 Å². The predicted molar refractivity (Wildman–Crippen MR) is 85.9 cm³/mol. The first-order valence-corrected chi connectivity index (χ1v) is 7.62. The Morgan fingerprint density at radius 1 is 1.24 bits per heavy atom. The Morgan fingerprint density at radius 3 is 2.33 bits per heavy atom. The number of allylic oxidation sites excluding steroid dienone is 2. The smallest absolute Gasteiger partial charge is 0.310 e. The highest BCUT2D eigenvalue weighted by Crippen LogP contribution is 2.59. The van der Waals surface area contributed by atoms with Crippen molar-refractivity contribution in [1.82, 2.24) is 0 Å². The molecule has 2 nitrogen and oxygen atoms in total. The normalized spacial score (nSPS) is 22.6. The van der Waals surface area contributed by atoms with Crippen LogP contribution in [0.3, 0.4) is 0 Å². The van der Waals surface area contributed by atoms with E-state index in [2.05, 4.69) is 59.8 Å². The number of carbonyl (C=O) groups is 1. The van der Waals surface area contributed by atoms with Crippen LogP contribution < -0.4 is 0 Å². The lowest BCUT2D eigenvalue weighted by atomic mass is 10.0. The van der Waals surface area contributed by atoms with Crippen LogP contribution in [0.25, 0.3) is 0 Å². The molecule has 0 amide bonds. The van der Waals surface area contributed by atoms with Crippen molar-refractivity contribution in [1.29, 1.82) is 0 Å². The highest BCUT2D eigenvalue weighted by atomic mass is 16.5. The molecule has 2 atom stereocenters. The second kappa shape index (κ2) is 5.67. The third kappa shape index (κ3) is 3.20. The summed E-state index contributed by atoms with van der Waals surface area (Å²) in [5.41, 5.74) is 4.77. The molecule has 0 saturated heterocycles. The maximum atomic E-state index is 12.4. The van der Waals surface area contributed by atoms with E-state index in [0.29, 0.717) is 12.5 Å². The maximum Gasteiger partial charge on any atom is 0.310 e. The van der Waals surface area contributed by atoms with Crippen molar-refractivity contribution in [2.24, 2.45) is 17.3 Å². The first-order valence-electron chi connectivity index (χ1n) is 7.62. The molecule has 0 heterocycles. The van der Waals surface area contributed by atoms with Crippen molar-refractivity contribution in [2.45, 2.75) is 48.1 Å². The molecule has 2 rings (SSSR count). The van der Waals surface area contributed by atoms with Gasteiger partial charge in [0, 0.05) is 0 Å². The van der Waals surface area contributed by atoms with Crippen molar-refractivity contribution in [3.63, 3.8) is 0 Å². The van der Waals surface area contributed by atoms with Crippen molar-refractivity contribution >= 4 is 5.97 Å². The van der Waals surface area contributed by atoms with Gasteiger partial charge < -0.3 is 4.74 Å². The lowest BCUT2D eigenvalue weighted by Crippen LogP contribution is -2.11. The van der Waals surface area contributed by atoms with Gasteiger partial charge in [-0.2, -0.15) is 0 Å². The third-order valence-corrected chi connectivity index (χ3v) is 4.68. The highest BCUT2D eigenvalue weighted by Gasteiger charge is 2.61. The summed E-state index contributed by atoms with van der Waals surface area (Å²) in [7, 11) is 0. The molecule has 0 aliphatic heterocycles. The van der Waals surface area contributed by atoms with Crippen LogP contribution in [-0.2, 0) is 16.1 Å². The zero-order valence-electron chi connectivity index (χ0n) is 14.0. The van der Waals surface area contributed by atoms with E-state index < -0.39 is 0 Å². The fourth-order valence-corrected chi connectivity index (χ4v) is 3.11. The molecule has 0 bridgehead atoms. The number of carbonyl (C=O) groups excluding carboxylic acids is 1. The SMILES string of the molecule is CC(C)=CC1C(C(=O)OCc2c(C)cccc2C)C1(C)C. The van der Waals surface area contributed by atoms with Crippen LogP contribution in [0.1, 0.15) is 44.4 Å². The lowest BCUT2D eigenvalue weighted by Gasteiger charge is -2.11. The standard InChI is InChI=1S/C19H26O2/c1-12(2)10-16-17(19(16,5)6)18(20)21-11-15-13(3)8-7-9-14(15)4/h7-10,16-17H,11H2,1-6H3. The van der Waals surface area contributed by atoms with Crippen LogP contribution in [0, 0.1) is 31.1 Å². The quantitative estimate of drug-likeness (QED) is 0.598. The largest absolute Gasteiger partial charge is 0.461 e. The van der Waals surface area contributed by atoms with Gasteiger partial charge in [0.15, 0.2) is 0 Å². The van der Waals surface area contributed by atoms with E-state index in [9.17, 15) is 4.79 Å². The molecule has 1 fully saturated rings. The Labute approximate surface area is 128 Å². The Balaban J connectivity index is 2.02.